The molecule has 4 nitrogen and oxygen atoms in total. The molecular formula is C25H51O4-. The number of rotatable bonds is 21. The van der Waals surface area contributed by atoms with Gasteiger partial charge in [-0.3, -0.25) is 0 Å². The van der Waals surface area contributed by atoms with Crippen molar-refractivity contribution in [2.75, 3.05) is 6.61 Å². The molecule has 0 bridgehead atoms. The van der Waals surface area contributed by atoms with Gasteiger partial charge in [0, 0.05) is 5.97 Å². The van der Waals surface area contributed by atoms with E-state index in [1.807, 2.05) is 0 Å². The molecule has 0 amide bonds. The van der Waals surface area contributed by atoms with Gasteiger partial charge in [-0.2, -0.15) is 0 Å². The van der Waals surface area contributed by atoms with Crippen LogP contribution in [0.3, 0.4) is 0 Å². The van der Waals surface area contributed by atoms with E-state index >= 15 is 0 Å². The molecule has 0 aliphatic heterocycles. The number of carbonyl (C=O) groups excluding carboxylic acids is 1. The average Bonchev–Trinajstić information content (AvgIpc) is 2.70. The van der Waals surface area contributed by atoms with Crippen molar-refractivity contribution in [1.29, 1.82) is 0 Å². The minimum Gasteiger partial charge on any atom is -0.550 e. The van der Waals surface area contributed by atoms with Crippen LogP contribution in [0, 0.1) is 0 Å². The summed E-state index contributed by atoms with van der Waals surface area (Å²) in [5, 5.41) is 26.3. The first-order valence-electron chi connectivity index (χ1n) is 12.5. The lowest BCUT2D eigenvalue weighted by Gasteiger charge is -2.04. The highest BCUT2D eigenvalue weighted by molar-refractivity contribution is 5.63. The number of carboxylic acids is 1. The quantitative estimate of drug-likeness (QED) is 0.228. The van der Waals surface area contributed by atoms with Gasteiger partial charge in [0.15, 0.2) is 0 Å². The first-order chi connectivity index (χ1) is 14.0. The zero-order chi connectivity index (χ0) is 22.0. The number of aliphatic hydroxyl groups is 2. The van der Waals surface area contributed by atoms with Crippen molar-refractivity contribution < 1.29 is 20.1 Å². The molecule has 0 aromatic heterocycles. The van der Waals surface area contributed by atoms with Gasteiger partial charge in [0.1, 0.15) is 0 Å². The Morgan fingerprint density at radius 3 is 1.10 bits per heavy atom. The van der Waals surface area contributed by atoms with Gasteiger partial charge in [-0.15, -0.1) is 0 Å². The van der Waals surface area contributed by atoms with Crippen LogP contribution in [-0.4, -0.2) is 28.9 Å². The summed E-state index contributed by atoms with van der Waals surface area (Å²) in [6.45, 7) is 3.67. The molecule has 0 aromatic rings. The summed E-state index contributed by atoms with van der Waals surface area (Å²) >= 11 is 0. The molecule has 0 saturated heterocycles. The van der Waals surface area contributed by atoms with Crippen molar-refractivity contribution in [1.82, 2.24) is 0 Å². The lowest BCUT2D eigenvalue weighted by Crippen LogP contribution is -2.21. The molecule has 0 rings (SSSR count). The summed E-state index contributed by atoms with van der Waals surface area (Å²) in [7, 11) is 0. The van der Waals surface area contributed by atoms with Crippen LogP contribution in [0.4, 0.5) is 0 Å². The maximum Gasteiger partial charge on any atom is 0.0742 e. The lowest BCUT2D eigenvalue weighted by atomic mass is 10.0. The van der Waals surface area contributed by atoms with E-state index in [-0.39, 0.29) is 13.0 Å². The molecule has 2 N–H and O–H groups in total. The fraction of sp³-hybridized carbons (Fsp3) is 0.960. The molecule has 0 fully saturated rings. The van der Waals surface area contributed by atoms with Gasteiger partial charge in [0.25, 0.3) is 0 Å². The number of carboxylic acid groups (broad SMARTS) is 1. The number of unbranched alkanes of at least 4 members (excludes halogenated alkanes) is 18. The third-order valence-electron chi connectivity index (χ3n) is 5.25. The Bertz CT molecular complexity index is 305. The standard InChI is InChI=1S/C22H44O2.C3H8O2/c1-2-3-4-5-6-7-8-9-10-11-12-13-14-15-16-17-18-19-20-21-22(23)24;1-3(5)2-4/h2-21H2,1H3,(H,23,24);3-5H,2H2,1H3/p-1. The second kappa shape index (κ2) is 27.4. The maximum atomic E-state index is 10.3. The monoisotopic (exact) mass is 415 g/mol. The van der Waals surface area contributed by atoms with Crippen molar-refractivity contribution in [3.05, 3.63) is 0 Å². The normalized spacial score (nSPS) is 11.7. The van der Waals surface area contributed by atoms with Crippen molar-refractivity contribution in [2.24, 2.45) is 0 Å². The molecule has 1 unspecified atom stereocenters. The summed E-state index contributed by atoms with van der Waals surface area (Å²) < 4.78 is 0. The molecule has 0 heterocycles. The third-order valence-corrected chi connectivity index (χ3v) is 5.25. The molecule has 176 valence electrons. The molecule has 0 radical (unpaired) electrons. The van der Waals surface area contributed by atoms with Gasteiger partial charge in [0.05, 0.1) is 12.7 Å². The fourth-order valence-corrected chi connectivity index (χ4v) is 3.35. The Kier molecular flexibility index (Phi) is 28.9. The van der Waals surface area contributed by atoms with Gasteiger partial charge < -0.3 is 20.1 Å². The van der Waals surface area contributed by atoms with E-state index in [9.17, 15) is 9.90 Å². The molecule has 1 atom stereocenters. The summed E-state index contributed by atoms with van der Waals surface area (Å²) in [6, 6.07) is 0. The molecule has 0 aliphatic carbocycles. The number of aliphatic carboxylic acids is 1. The Morgan fingerprint density at radius 2 is 0.897 bits per heavy atom. The average molecular weight is 416 g/mol. The molecule has 0 aromatic carbocycles. The number of aliphatic hydroxyl groups excluding tert-OH is 2. The smallest absolute Gasteiger partial charge is 0.0742 e. The van der Waals surface area contributed by atoms with E-state index in [0.29, 0.717) is 0 Å². The van der Waals surface area contributed by atoms with Gasteiger partial charge in [-0.05, 0) is 19.8 Å². The summed E-state index contributed by atoms with van der Waals surface area (Å²) in [5.41, 5.74) is 0. The van der Waals surface area contributed by atoms with Crippen molar-refractivity contribution >= 4 is 5.97 Å². The predicted molar refractivity (Wildman–Crippen MR) is 122 cm³/mol. The van der Waals surface area contributed by atoms with Gasteiger partial charge in [-0.1, -0.05) is 122 Å². The Balaban J connectivity index is 0. The van der Waals surface area contributed by atoms with Crippen LogP contribution in [0.5, 0.6) is 0 Å². The van der Waals surface area contributed by atoms with Crippen LogP contribution >= 0.6 is 0 Å². The summed E-state index contributed by atoms with van der Waals surface area (Å²) in [4.78, 5) is 10.3. The maximum absolute atomic E-state index is 10.3. The zero-order valence-electron chi connectivity index (χ0n) is 19.6. The first kappa shape index (κ1) is 30.6. The predicted octanol–water partition coefficient (Wildman–Crippen LogP) is 5.92. The molecular weight excluding hydrogens is 364 g/mol. The van der Waals surface area contributed by atoms with E-state index in [4.69, 9.17) is 10.2 Å². The van der Waals surface area contributed by atoms with Crippen LogP contribution in [0.1, 0.15) is 142 Å². The number of carbonyl (C=O) groups is 1. The van der Waals surface area contributed by atoms with Crippen LogP contribution in [0.15, 0.2) is 0 Å². The first-order valence-corrected chi connectivity index (χ1v) is 12.5. The second-order valence-electron chi connectivity index (χ2n) is 8.52. The van der Waals surface area contributed by atoms with Crippen molar-refractivity contribution in [3.63, 3.8) is 0 Å². The van der Waals surface area contributed by atoms with Crippen molar-refractivity contribution in [3.8, 4) is 0 Å². The minimum atomic E-state index is -0.901. The summed E-state index contributed by atoms with van der Waals surface area (Å²) in [5.74, 6) is -0.901. The Labute approximate surface area is 181 Å². The van der Waals surface area contributed by atoms with Crippen LogP contribution < -0.4 is 5.11 Å². The second-order valence-corrected chi connectivity index (χ2v) is 8.52. The van der Waals surface area contributed by atoms with Gasteiger partial charge >= 0.3 is 0 Å². The molecule has 0 saturated carbocycles. The zero-order valence-corrected chi connectivity index (χ0v) is 19.6. The molecule has 4 heteroatoms. The minimum absolute atomic E-state index is 0.139. The van der Waals surface area contributed by atoms with Crippen LogP contribution in [0.2, 0.25) is 0 Å². The SMILES string of the molecule is CC(O)CO.CCCCCCCCCCCCCCCCCCCCCC(=O)[O-]. The van der Waals surface area contributed by atoms with E-state index < -0.39 is 12.1 Å². The van der Waals surface area contributed by atoms with E-state index in [1.54, 1.807) is 0 Å². The fourth-order valence-electron chi connectivity index (χ4n) is 3.35. The highest BCUT2D eigenvalue weighted by Gasteiger charge is 1.95. The number of hydrogen-bond acceptors (Lipinski definition) is 4. The topological polar surface area (TPSA) is 80.6 Å². The van der Waals surface area contributed by atoms with Crippen molar-refractivity contribution in [2.45, 2.75) is 148 Å². The van der Waals surface area contributed by atoms with Gasteiger partial charge in [0.2, 0.25) is 0 Å². The van der Waals surface area contributed by atoms with E-state index in [0.717, 1.165) is 12.8 Å². The highest BCUT2D eigenvalue weighted by Crippen LogP contribution is 2.14. The Morgan fingerprint density at radius 1 is 0.655 bits per heavy atom. The van der Waals surface area contributed by atoms with E-state index in [2.05, 4.69) is 6.92 Å². The molecule has 0 aliphatic rings. The summed E-state index contributed by atoms with van der Waals surface area (Å²) in [6.07, 6.45) is 25.2. The lowest BCUT2D eigenvalue weighted by molar-refractivity contribution is -0.305. The van der Waals surface area contributed by atoms with Gasteiger partial charge in [-0.25, -0.2) is 0 Å². The largest absolute Gasteiger partial charge is 0.550 e. The third kappa shape index (κ3) is 35.2. The molecule has 0 spiro atoms. The molecule has 29 heavy (non-hydrogen) atoms. The van der Waals surface area contributed by atoms with Crippen LogP contribution in [0.25, 0.3) is 0 Å². The van der Waals surface area contributed by atoms with E-state index in [1.165, 1.54) is 116 Å². The van der Waals surface area contributed by atoms with Crippen LogP contribution in [-0.2, 0) is 4.79 Å². The number of hydrogen-bond donors (Lipinski definition) is 2. The highest BCUT2D eigenvalue weighted by atomic mass is 16.4. The Hall–Kier alpha value is -0.610.